The maximum Gasteiger partial charge on any atom is 0.239 e. The van der Waals surface area contributed by atoms with Crippen molar-refractivity contribution in [1.82, 2.24) is 24.7 Å². The zero-order valence-corrected chi connectivity index (χ0v) is 12.3. The Morgan fingerprint density at radius 1 is 1.30 bits per heavy atom. The molecule has 0 bridgehead atoms. The maximum absolute atomic E-state index is 9.43. The fraction of sp³-hybridized carbons (Fsp3) is 0.133. The minimum Gasteiger partial charge on any atom is -0.470 e. The molecule has 8 nitrogen and oxygen atoms in total. The molecule has 3 aromatic heterocycles. The Labute approximate surface area is 132 Å². The lowest BCUT2D eigenvalue weighted by Crippen LogP contribution is -2.10. The van der Waals surface area contributed by atoms with E-state index in [4.69, 9.17) is 10.5 Å². The second-order valence-electron chi connectivity index (χ2n) is 4.70. The molecule has 0 unspecified atom stereocenters. The van der Waals surface area contributed by atoms with E-state index >= 15 is 0 Å². The van der Waals surface area contributed by atoms with E-state index in [1.165, 1.54) is 4.68 Å². The Morgan fingerprint density at radius 3 is 2.87 bits per heavy atom. The molecule has 114 valence electrons. The number of rotatable bonds is 4. The van der Waals surface area contributed by atoms with Crippen molar-refractivity contribution >= 4 is 5.95 Å². The van der Waals surface area contributed by atoms with Crippen molar-refractivity contribution in [2.75, 3.05) is 5.73 Å². The van der Waals surface area contributed by atoms with Crippen molar-refractivity contribution < 1.29 is 4.74 Å². The Hall–Kier alpha value is -3.47. The highest BCUT2D eigenvalue weighted by Crippen LogP contribution is 2.23. The van der Waals surface area contributed by atoms with Crippen LogP contribution < -0.4 is 10.5 Å². The van der Waals surface area contributed by atoms with Gasteiger partial charge in [0.2, 0.25) is 11.8 Å². The number of hydrogen-bond donors (Lipinski definition) is 1. The highest BCUT2D eigenvalue weighted by atomic mass is 16.5. The van der Waals surface area contributed by atoms with E-state index in [9.17, 15) is 5.26 Å². The molecule has 3 rings (SSSR count). The van der Waals surface area contributed by atoms with Crippen LogP contribution in [0.3, 0.4) is 0 Å². The molecule has 0 aromatic carbocycles. The van der Waals surface area contributed by atoms with Crippen LogP contribution in [0.2, 0.25) is 0 Å². The quantitative estimate of drug-likeness (QED) is 0.774. The van der Waals surface area contributed by atoms with E-state index < -0.39 is 0 Å². The van der Waals surface area contributed by atoms with Gasteiger partial charge in [-0.3, -0.25) is 4.98 Å². The van der Waals surface area contributed by atoms with Crippen LogP contribution >= 0.6 is 0 Å². The van der Waals surface area contributed by atoms with E-state index in [0.717, 1.165) is 11.3 Å². The van der Waals surface area contributed by atoms with Crippen LogP contribution in [0.25, 0.3) is 5.82 Å². The standard InChI is InChI=1S/C15H13N7O/c1-10-4-2-5-18-12(10)9-23-14-11(8-16)13(20-15(17)21-14)22-7-3-6-19-22/h2-7H,9H2,1H3,(H2,17,20,21). The largest absolute Gasteiger partial charge is 0.470 e. The third kappa shape index (κ3) is 2.94. The van der Waals surface area contributed by atoms with Gasteiger partial charge < -0.3 is 10.5 Å². The fourth-order valence-electron chi connectivity index (χ4n) is 2.01. The molecule has 23 heavy (non-hydrogen) atoms. The van der Waals surface area contributed by atoms with Crippen LogP contribution in [0.5, 0.6) is 5.88 Å². The molecule has 8 heteroatoms. The normalized spacial score (nSPS) is 10.3. The lowest BCUT2D eigenvalue weighted by atomic mass is 10.2. The maximum atomic E-state index is 9.43. The van der Waals surface area contributed by atoms with Gasteiger partial charge in [-0.1, -0.05) is 6.07 Å². The molecule has 0 aliphatic heterocycles. The SMILES string of the molecule is Cc1cccnc1COc1nc(N)nc(-n2cccn2)c1C#N. The van der Waals surface area contributed by atoms with Crippen molar-refractivity contribution in [3.05, 3.63) is 53.6 Å². The number of aromatic nitrogens is 5. The number of nitrogens with zero attached hydrogens (tertiary/aromatic N) is 6. The second-order valence-corrected chi connectivity index (χ2v) is 4.70. The van der Waals surface area contributed by atoms with Gasteiger partial charge in [0.05, 0.1) is 5.69 Å². The first-order valence-electron chi connectivity index (χ1n) is 6.80. The Kier molecular flexibility index (Phi) is 3.84. The summed E-state index contributed by atoms with van der Waals surface area (Å²) < 4.78 is 7.10. The van der Waals surface area contributed by atoms with Crippen molar-refractivity contribution in [2.45, 2.75) is 13.5 Å². The van der Waals surface area contributed by atoms with Crippen LogP contribution in [0.15, 0.2) is 36.8 Å². The number of nitrogens with two attached hydrogens (primary N) is 1. The lowest BCUT2D eigenvalue weighted by Gasteiger charge is -2.11. The zero-order chi connectivity index (χ0) is 16.2. The number of pyridine rings is 1. The number of nitriles is 1. The van der Waals surface area contributed by atoms with Crippen LogP contribution in [0, 0.1) is 18.3 Å². The Balaban J connectivity index is 1.96. The molecule has 0 saturated carbocycles. The minimum absolute atomic E-state index is 0.00208. The summed E-state index contributed by atoms with van der Waals surface area (Å²) in [5.74, 6) is 0.385. The molecule has 0 saturated heterocycles. The monoisotopic (exact) mass is 307 g/mol. The second kappa shape index (κ2) is 6.11. The highest BCUT2D eigenvalue weighted by Gasteiger charge is 2.17. The summed E-state index contributed by atoms with van der Waals surface area (Å²) in [5.41, 5.74) is 7.63. The van der Waals surface area contributed by atoms with Crippen LogP contribution in [-0.4, -0.2) is 24.7 Å². The molecule has 3 aromatic rings. The van der Waals surface area contributed by atoms with Crippen LogP contribution in [0.1, 0.15) is 16.8 Å². The van der Waals surface area contributed by atoms with E-state index in [0.29, 0.717) is 0 Å². The van der Waals surface area contributed by atoms with Gasteiger partial charge in [0.25, 0.3) is 0 Å². The molecular formula is C15H13N7O. The van der Waals surface area contributed by atoms with E-state index in [1.807, 2.05) is 25.1 Å². The molecule has 0 radical (unpaired) electrons. The summed E-state index contributed by atoms with van der Waals surface area (Å²) in [6.07, 6.45) is 4.92. The Bertz CT molecular complexity index is 868. The van der Waals surface area contributed by atoms with Crippen LogP contribution in [-0.2, 0) is 6.61 Å². The first-order chi connectivity index (χ1) is 11.2. The molecule has 3 heterocycles. The Morgan fingerprint density at radius 2 is 2.17 bits per heavy atom. The summed E-state index contributed by atoms with van der Waals surface area (Å²) in [5, 5.41) is 13.5. The first kappa shape index (κ1) is 14.5. The van der Waals surface area contributed by atoms with Gasteiger partial charge in [-0.15, -0.1) is 0 Å². The predicted octanol–water partition coefficient (Wildman–Crippen LogP) is 1.40. The predicted molar refractivity (Wildman–Crippen MR) is 81.6 cm³/mol. The molecule has 0 spiro atoms. The van der Waals surface area contributed by atoms with Gasteiger partial charge in [0.1, 0.15) is 12.7 Å². The number of hydrogen-bond acceptors (Lipinski definition) is 7. The van der Waals surface area contributed by atoms with Crippen molar-refractivity contribution in [3.63, 3.8) is 0 Å². The van der Waals surface area contributed by atoms with Crippen molar-refractivity contribution in [2.24, 2.45) is 0 Å². The molecule has 0 amide bonds. The van der Waals surface area contributed by atoms with Gasteiger partial charge in [-0.2, -0.15) is 20.3 Å². The third-order valence-corrected chi connectivity index (χ3v) is 3.17. The van der Waals surface area contributed by atoms with E-state index in [1.54, 1.807) is 24.7 Å². The highest BCUT2D eigenvalue weighted by molar-refractivity contribution is 5.52. The summed E-state index contributed by atoms with van der Waals surface area (Å²) in [7, 11) is 0. The molecule has 0 aliphatic carbocycles. The van der Waals surface area contributed by atoms with Gasteiger partial charge in [-0.25, -0.2) is 4.68 Å². The van der Waals surface area contributed by atoms with E-state index in [-0.39, 0.29) is 29.8 Å². The molecule has 0 atom stereocenters. The summed E-state index contributed by atoms with van der Waals surface area (Å²) in [4.78, 5) is 12.3. The summed E-state index contributed by atoms with van der Waals surface area (Å²) in [6.45, 7) is 2.11. The smallest absolute Gasteiger partial charge is 0.239 e. The molecular weight excluding hydrogens is 294 g/mol. The van der Waals surface area contributed by atoms with Crippen LogP contribution in [0.4, 0.5) is 5.95 Å². The lowest BCUT2D eigenvalue weighted by molar-refractivity contribution is 0.287. The topological polar surface area (TPSA) is 116 Å². The van der Waals surface area contributed by atoms with Crippen molar-refractivity contribution in [3.8, 4) is 17.8 Å². The number of anilines is 1. The number of nitrogen functional groups attached to an aromatic ring is 1. The minimum atomic E-state index is 0.00208. The van der Waals surface area contributed by atoms with Gasteiger partial charge >= 0.3 is 0 Å². The molecule has 0 fully saturated rings. The third-order valence-electron chi connectivity index (χ3n) is 3.17. The fourth-order valence-corrected chi connectivity index (χ4v) is 2.01. The zero-order valence-electron chi connectivity index (χ0n) is 12.3. The number of ether oxygens (including phenoxy) is 1. The van der Waals surface area contributed by atoms with E-state index in [2.05, 4.69) is 20.1 Å². The average Bonchev–Trinajstić information content (AvgIpc) is 3.08. The number of aryl methyl sites for hydroxylation is 1. The van der Waals surface area contributed by atoms with Gasteiger partial charge in [0.15, 0.2) is 11.4 Å². The molecule has 2 N–H and O–H groups in total. The first-order valence-corrected chi connectivity index (χ1v) is 6.80. The van der Waals surface area contributed by atoms with Crippen molar-refractivity contribution in [1.29, 1.82) is 5.26 Å². The average molecular weight is 307 g/mol. The van der Waals surface area contributed by atoms with Gasteiger partial charge in [0, 0.05) is 18.6 Å². The van der Waals surface area contributed by atoms with Gasteiger partial charge in [-0.05, 0) is 24.6 Å². The summed E-state index contributed by atoms with van der Waals surface area (Å²) in [6, 6.07) is 7.54. The summed E-state index contributed by atoms with van der Waals surface area (Å²) >= 11 is 0. The molecule has 0 aliphatic rings.